The minimum absolute atomic E-state index is 0.0324. The summed E-state index contributed by atoms with van der Waals surface area (Å²) in [6, 6.07) is 15.4. The highest BCUT2D eigenvalue weighted by Gasteiger charge is 2.35. The number of nitrogens with one attached hydrogen (secondary N) is 1. The summed E-state index contributed by atoms with van der Waals surface area (Å²) < 4.78 is 0. The molecule has 4 heteroatoms. The van der Waals surface area contributed by atoms with Crippen LogP contribution in [-0.4, -0.2) is 17.7 Å². The van der Waals surface area contributed by atoms with Crippen molar-refractivity contribution in [1.82, 2.24) is 5.32 Å². The van der Waals surface area contributed by atoms with E-state index in [1.807, 2.05) is 39.0 Å². The number of Topliss-reactive ketones (excluding diaryl/α,β-unsaturated/α-hetero) is 1. The van der Waals surface area contributed by atoms with Gasteiger partial charge in [0.2, 0.25) is 0 Å². The summed E-state index contributed by atoms with van der Waals surface area (Å²) >= 11 is 5.86. The van der Waals surface area contributed by atoms with Crippen molar-refractivity contribution in [2.24, 2.45) is 5.41 Å². The van der Waals surface area contributed by atoms with E-state index in [-0.39, 0.29) is 17.7 Å². The lowest BCUT2D eigenvalue weighted by molar-refractivity contribution is 0.0759. The van der Waals surface area contributed by atoms with Gasteiger partial charge in [-0.05, 0) is 43.3 Å². The monoisotopic (exact) mass is 329 g/mol. The molecule has 0 spiro atoms. The maximum atomic E-state index is 12.7. The van der Waals surface area contributed by atoms with Crippen LogP contribution in [0.4, 0.5) is 0 Å². The van der Waals surface area contributed by atoms with E-state index in [9.17, 15) is 9.59 Å². The molecule has 2 aromatic rings. The van der Waals surface area contributed by atoms with Crippen molar-refractivity contribution >= 4 is 23.3 Å². The molecule has 0 aliphatic carbocycles. The van der Waals surface area contributed by atoms with Crippen LogP contribution in [0.2, 0.25) is 5.02 Å². The fraction of sp³-hybridized carbons (Fsp3) is 0.263. The summed E-state index contributed by atoms with van der Waals surface area (Å²) in [7, 11) is 0. The number of benzene rings is 2. The summed E-state index contributed by atoms with van der Waals surface area (Å²) in [6.45, 7) is 5.51. The molecular weight excluding hydrogens is 310 g/mol. The number of halogens is 1. The predicted molar refractivity (Wildman–Crippen MR) is 92.9 cm³/mol. The molecule has 0 radical (unpaired) electrons. The quantitative estimate of drug-likeness (QED) is 0.828. The van der Waals surface area contributed by atoms with Gasteiger partial charge < -0.3 is 5.32 Å². The molecule has 1 amide bonds. The zero-order valence-electron chi connectivity index (χ0n) is 13.5. The Morgan fingerprint density at radius 1 is 0.957 bits per heavy atom. The molecule has 2 aromatic carbocycles. The average molecular weight is 330 g/mol. The molecule has 2 rings (SSSR count). The van der Waals surface area contributed by atoms with Crippen molar-refractivity contribution in [1.29, 1.82) is 0 Å². The molecule has 0 saturated carbocycles. The molecule has 23 heavy (non-hydrogen) atoms. The summed E-state index contributed by atoms with van der Waals surface area (Å²) in [5.74, 6) is -0.217. The Morgan fingerprint density at radius 2 is 1.52 bits per heavy atom. The SMILES string of the molecule is CC(NC(=O)c1ccccc1)C(C)(C)C(=O)c1ccc(Cl)cc1. The largest absolute Gasteiger partial charge is 0.349 e. The van der Waals surface area contributed by atoms with Gasteiger partial charge in [-0.1, -0.05) is 43.6 Å². The van der Waals surface area contributed by atoms with Gasteiger partial charge in [0.15, 0.2) is 5.78 Å². The molecule has 1 unspecified atom stereocenters. The number of amides is 1. The number of ketones is 1. The van der Waals surface area contributed by atoms with E-state index in [1.54, 1.807) is 36.4 Å². The van der Waals surface area contributed by atoms with Gasteiger partial charge in [0.25, 0.3) is 5.91 Å². The molecule has 120 valence electrons. The topological polar surface area (TPSA) is 46.2 Å². The third-order valence-corrected chi connectivity index (χ3v) is 4.41. The van der Waals surface area contributed by atoms with E-state index in [4.69, 9.17) is 11.6 Å². The Labute approximate surface area is 141 Å². The Bertz CT molecular complexity index is 693. The molecule has 0 fully saturated rings. The zero-order valence-corrected chi connectivity index (χ0v) is 14.2. The Kier molecular flexibility index (Phi) is 5.22. The minimum atomic E-state index is -0.738. The van der Waals surface area contributed by atoms with Crippen molar-refractivity contribution < 1.29 is 9.59 Å². The van der Waals surface area contributed by atoms with E-state index in [0.717, 1.165) is 0 Å². The molecule has 0 aliphatic heterocycles. The summed E-state index contributed by atoms with van der Waals surface area (Å²) in [5, 5.41) is 3.50. The first-order chi connectivity index (χ1) is 10.8. The Hall–Kier alpha value is -2.13. The number of hydrogen-bond donors (Lipinski definition) is 1. The second-order valence-electron chi connectivity index (χ2n) is 6.12. The van der Waals surface area contributed by atoms with Gasteiger partial charge in [0, 0.05) is 27.6 Å². The van der Waals surface area contributed by atoms with Crippen molar-refractivity contribution in [2.75, 3.05) is 0 Å². The Balaban J connectivity index is 2.13. The number of carbonyl (C=O) groups excluding carboxylic acids is 2. The molecule has 0 heterocycles. The lowest BCUT2D eigenvalue weighted by Gasteiger charge is -2.31. The summed E-state index contributed by atoms with van der Waals surface area (Å²) in [5.41, 5.74) is 0.424. The highest BCUT2D eigenvalue weighted by atomic mass is 35.5. The first kappa shape index (κ1) is 17.2. The van der Waals surface area contributed by atoms with Crippen LogP contribution in [0.1, 0.15) is 41.5 Å². The first-order valence-electron chi connectivity index (χ1n) is 7.48. The van der Waals surface area contributed by atoms with E-state index < -0.39 is 5.41 Å². The normalized spacial score (nSPS) is 12.5. The Morgan fingerprint density at radius 3 is 2.09 bits per heavy atom. The smallest absolute Gasteiger partial charge is 0.251 e. The number of rotatable bonds is 5. The van der Waals surface area contributed by atoms with Crippen LogP contribution < -0.4 is 5.32 Å². The standard InChI is InChI=1S/C19H20ClNO2/c1-13(21-18(23)15-7-5-4-6-8-15)19(2,3)17(22)14-9-11-16(20)12-10-14/h4-13H,1-3H3,(H,21,23). The summed E-state index contributed by atoms with van der Waals surface area (Å²) in [4.78, 5) is 25.0. The summed E-state index contributed by atoms with van der Waals surface area (Å²) in [6.07, 6.45) is 0. The lowest BCUT2D eigenvalue weighted by atomic mass is 9.78. The maximum absolute atomic E-state index is 12.7. The van der Waals surface area contributed by atoms with Crippen molar-refractivity contribution in [3.8, 4) is 0 Å². The van der Waals surface area contributed by atoms with Crippen LogP contribution >= 0.6 is 11.6 Å². The molecule has 0 aliphatic rings. The van der Waals surface area contributed by atoms with Gasteiger partial charge in [-0.25, -0.2) is 0 Å². The first-order valence-corrected chi connectivity index (χ1v) is 7.86. The van der Waals surface area contributed by atoms with Crippen LogP contribution in [-0.2, 0) is 0 Å². The molecule has 0 aromatic heterocycles. The van der Waals surface area contributed by atoms with Crippen LogP contribution in [0.3, 0.4) is 0 Å². The van der Waals surface area contributed by atoms with Gasteiger partial charge >= 0.3 is 0 Å². The molecule has 3 nitrogen and oxygen atoms in total. The van der Waals surface area contributed by atoms with Gasteiger partial charge in [0.05, 0.1) is 0 Å². The third kappa shape index (κ3) is 3.99. The highest BCUT2D eigenvalue weighted by Crippen LogP contribution is 2.27. The van der Waals surface area contributed by atoms with Gasteiger partial charge in [-0.15, -0.1) is 0 Å². The van der Waals surface area contributed by atoms with E-state index in [0.29, 0.717) is 16.1 Å². The van der Waals surface area contributed by atoms with Crippen LogP contribution in [0.15, 0.2) is 54.6 Å². The van der Waals surface area contributed by atoms with E-state index in [1.165, 1.54) is 0 Å². The molecular formula is C19H20ClNO2. The predicted octanol–water partition coefficient (Wildman–Crippen LogP) is 4.37. The van der Waals surface area contributed by atoms with Crippen molar-refractivity contribution in [3.63, 3.8) is 0 Å². The van der Waals surface area contributed by atoms with Gasteiger partial charge in [0.1, 0.15) is 0 Å². The second kappa shape index (κ2) is 6.97. The van der Waals surface area contributed by atoms with E-state index >= 15 is 0 Å². The third-order valence-electron chi connectivity index (χ3n) is 4.16. The lowest BCUT2D eigenvalue weighted by Crippen LogP contribution is -2.47. The van der Waals surface area contributed by atoms with Crippen molar-refractivity contribution in [3.05, 3.63) is 70.7 Å². The average Bonchev–Trinajstić information content (AvgIpc) is 2.55. The number of hydrogen-bond acceptors (Lipinski definition) is 2. The molecule has 1 N–H and O–H groups in total. The van der Waals surface area contributed by atoms with Crippen molar-refractivity contribution in [2.45, 2.75) is 26.8 Å². The number of carbonyl (C=O) groups is 2. The van der Waals surface area contributed by atoms with Crippen LogP contribution in [0.5, 0.6) is 0 Å². The molecule has 1 atom stereocenters. The molecule has 0 saturated heterocycles. The fourth-order valence-electron chi connectivity index (χ4n) is 2.22. The zero-order chi connectivity index (χ0) is 17.0. The fourth-order valence-corrected chi connectivity index (χ4v) is 2.35. The van der Waals surface area contributed by atoms with Crippen LogP contribution in [0.25, 0.3) is 0 Å². The second-order valence-corrected chi connectivity index (χ2v) is 6.56. The van der Waals surface area contributed by atoms with Gasteiger partial charge in [-0.2, -0.15) is 0 Å². The van der Waals surface area contributed by atoms with Gasteiger partial charge in [-0.3, -0.25) is 9.59 Å². The molecule has 0 bridgehead atoms. The maximum Gasteiger partial charge on any atom is 0.251 e. The highest BCUT2D eigenvalue weighted by molar-refractivity contribution is 6.30. The van der Waals surface area contributed by atoms with E-state index in [2.05, 4.69) is 5.32 Å². The minimum Gasteiger partial charge on any atom is -0.349 e. The van der Waals surface area contributed by atoms with Crippen LogP contribution in [0, 0.1) is 5.41 Å².